The zero-order valence-electron chi connectivity index (χ0n) is 10.5. The Kier molecular flexibility index (Phi) is 4.50. The van der Waals surface area contributed by atoms with Crippen molar-refractivity contribution in [2.24, 2.45) is 5.73 Å². The average molecular weight is 327 g/mol. The molecule has 0 saturated heterocycles. The molecule has 0 aromatic heterocycles. The molecule has 0 aliphatic carbocycles. The van der Waals surface area contributed by atoms with Gasteiger partial charge in [0.25, 0.3) is 5.91 Å². The molecular weight excluding hydrogens is 318 g/mol. The van der Waals surface area contributed by atoms with Gasteiger partial charge in [-0.15, -0.1) is 0 Å². The molecule has 0 spiro atoms. The van der Waals surface area contributed by atoms with Crippen LogP contribution in [0.15, 0.2) is 36.4 Å². The lowest BCUT2D eigenvalue weighted by molar-refractivity contribution is 0.102. The van der Waals surface area contributed by atoms with Crippen molar-refractivity contribution in [3.05, 3.63) is 64.2 Å². The number of hydrogen-bond acceptors (Lipinski definition) is 2. The van der Waals surface area contributed by atoms with Gasteiger partial charge in [-0.1, -0.05) is 29.9 Å². The fourth-order valence-corrected chi connectivity index (χ4v) is 1.93. The topological polar surface area (TPSA) is 55.1 Å². The van der Waals surface area contributed by atoms with Crippen LogP contribution in [0.2, 0.25) is 5.02 Å². The van der Waals surface area contributed by atoms with Crippen LogP contribution in [0, 0.1) is 11.6 Å². The fourth-order valence-electron chi connectivity index (χ4n) is 1.64. The summed E-state index contributed by atoms with van der Waals surface area (Å²) in [5.41, 5.74) is 5.93. The van der Waals surface area contributed by atoms with E-state index in [2.05, 4.69) is 5.32 Å². The lowest BCUT2D eigenvalue weighted by Gasteiger charge is -2.09. The second kappa shape index (κ2) is 6.15. The van der Waals surface area contributed by atoms with Gasteiger partial charge in [0.05, 0.1) is 16.3 Å². The van der Waals surface area contributed by atoms with Crippen molar-refractivity contribution in [3.8, 4) is 0 Å². The Bertz CT molecular complexity index is 737. The number of anilines is 1. The molecule has 0 saturated carbocycles. The van der Waals surface area contributed by atoms with Crippen LogP contribution in [0.25, 0.3) is 0 Å². The molecule has 2 rings (SSSR count). The first kappa shape index (κ1) is 15.3. The third kappa shape index (κ3) is 3.53. The molecule has 0 fully saturated rings. The molecule has 0 bridgehead atoms. The molecule has 2 aromatic rings. The number of halogens is 3. The number of thiocarbonyl (C=S) groups is 1. The zero-order chi connectivity index (χ0) is 15.6. The second-order valence-electron chi connectivity index (χ2n) is 4.14. The smallest absolute Gasteiger partial charge is 0.258 e. The van der Waals surface area contributed by atoms with Crippen molar-refractivity contribution in [1.29, 1.82) is 0 Å². The van der Waals surface area contributed by atoms with E-state index in [1.807, 2.05) is 0 Å². The SMILES string of the molecule is NC(=S)c1ccc(Cl)c(NC(=O)c2ccc(F)cc2F)c1. The normalized spacial score (nSPS) is 10.2. The van der Waals surface area contributed by atoms with Crippen LogP contribution >= 0.6 is 23.8 Å². The van der Waals surface area contributed by atoms with Crippen LogP contribution in [0.3, 0.4) is 0 Å². The maximum atomic E-state index is 13.5. The molecule has 3 nitrogen and oxygen atoms in total. The van der Waals surface area contributed by atoms with E-state index in [0.717, 1.165) is 12.1 Å². The fraction of sp³-hybridized carbons (Fsp3) is 0. The van der Waals surface area contributed by atoms with E-state index in [4.69, 9.17) is 29.6 Å². The molecule has 0 aliphatic heterocycles. The van der Waals surface area contributed by atoms with Crippen molar-refractivity contribution in [2.45, 2.75) is 0 Å². The van der Waals surface area contributed by atoms with Crippen molar-refractivity contribution in [2.75, 3.05) is 5.32 Å². The van der Waals surface area contributed by atoms with Gasteiger partial charge in [0.15, 0.2) is 0 Å². The first-order valence-corrected chi connectivity index (χ1v) is 6.53. The standard InChI is InChI=1S/C14H9ClF2N2OS/c15-10-4-1-7(13(18)21)5-12(10)19-14(20)9-3-2-8(16)6-11(9)17/h1-6H,(H2,18,21)(H,19,20). The van der Waals surface area contributed by atoms with E-state index < -0.39 is 17.5 Å². The van der Waals surface area contributed by atoms with Gasteiger partial charge in [0.1, 0.15) is 16.6 Å². The maximum Gasteiger partial charge on any atom is 0.258 e. The summed E-state index contributed by atoms with van der Waals surface area (Å²) in [5.74, 6) is -2.49. The van der Waals surface area contributed by atoms with Gasteiger partial charge < -0.3 is 11.1 Å². The van der Waals surface area contributed by atoms with Crippen molar-refractivity contribution < 1.29 is 13.6 Å². The third-order valence-corrected chi connectivity index (χ3v) is 3.24. The minimum Gasteiger partial charge on any atom is -0.389 e. The Morgan fingerprint density at radius 3 is 2.52 bits per heavy atom. The summed E-state index contributed by atoms with van der Waals surface area (Å²) >= 11 is 10.8. The zero-order valence-corrected chi connectivity index (χ0v) is 12.1. The van der Waals surface area contributed by atoms with Gasteiger partial charge in [0.2, 0.25) is 0 Å². The minimum atomic E-state index is -0.964. The molecule has 0 aliphatic rings. The summed E-state index contributed by atoms with van der Waals surface area (Å²) in [6.45, 7) is 0. The predicted molar refractivity (Wildman–Crippen MR) is 81.7 cm³/mol. The molecule has 0 atom stereocenters. The number of nitrogens with two attached hydrogens (primary N) is 1. The van der Waals surface area contributed by atoms with Crippen molar-refractivity contribution >= 4 is 40.4 Å². The van der Waals surface area contributed by atoms with E-state index in [0.29, 0.717) is 11.6 Å². The molecule has 0 radical (unpaired) electrons. The summed E-state index contributed by atoms with van der Waals surface area (Å²) in [5, 5.41) is 2.68. The van der Waals surface area contributed by atoms with Gasteiger partial charge in [-0.3, -0.25) is 4.79 Å². The van der Waals surface area contributed by atoms with Crippen molar-refractivity contribution in [1.82, 2.24) is 0 Å². The van der Waals surface area contributed by atoms with Gasteiger partial charge in [0, 0.05) is 11.6 Å². The quantitative estimate of drug-likeness (QED) is 0.849. The third-order valence-electron chi connectivity index (χ3n) is 2.67. The monoisotopic (exact) mass is 326 g/mol. The molecule has 1 amide bonds. The van der Waals surface area contributed by atoms with Crippen LogP contribution < -0.4 is 11.1 Å². The van der Waals surface area contributed by atoms with E-state index in [9.17, 15) is 13.6 Å². The number of nitrogens with one attached hydrogen (secondary N) is 1. The minimum absolute atomic E-state index is 0.134. The number of carbonyl (C=O) groups excluding carboxylic acids is 1. The van der Waals surface area contributed by atoms with E-state index in [1.54, 1.807) is 6.07 Å². The van der Waals surface area contributed by atoms with Crippen LogP contribution in [0.5, 0.6) is 0 Å². The molecule has 0 unspecified atom stereocenters. The predicted octanol–water partition coefficient (Wildman–Crippen LogP) is 3.50. The lowest BCUT2D eigenvalue weighted by Crippen LogP contribution is -2.15. The summed E-state index contributed by atoms with van der Waals surface area (Å²) in [6, 6.07) is 7.24. The highest BCUT2D eigenvalue weighted by Gasteiger charge is 2.14. The second-order valence-corrected chi connectivity index (χ2v) is 4.98. The summed E-state index contributed by atoms with van der Waals surface area (Å²) in [4.78, 5) is 12.1. The van der Waals surface area contributed by atoms with Gasteiger partial charge in [-0.2, -0.15) is 0 Å². The largest absolute Gasteiger partial charge is 0.389 e. The Morgan fingerprint density at radius 1 is 1.19 bits per heavy atom. The Labute approximate surface area is 129 Å². The van der Waals surface area contributed by atoms with Crippen LogP contribution in [0.4, 0.5) is 14.5 Å². The van der Waals surface area contributed by atoms with E-state index in [-0.39, 0.29) is 21.3 Å². The van der Waals surface area contributed by atoms with Gasteiger partial charge in [-0.25, -0.2) is 8.78 Å². The Balaban J connectivity index is 2.31. The van der Waals surface area contributed by atoms with Crippen LogP contribution in [0.1, 0.15) is 15.9 Å². The highest BCUT2D eigenvalue weighted by Crippen LogP contribution is 2.24. The highest BCUT2D eigenvalue weighted by molar-refractivity contribution is 7.80. The summed E-state index contributed by atoms with van der Waals surface area (Å²) < 4.78 is 26.4. The molecule has 21 heavy (non-hydrogen) atoms. The number of amides is 1. The maximum absolute atomic E-state index is 13.5. The first-order chi connectivity index (χ1) is 9.88. The lowest BCUT2D eigenvalue weighted by atomic mass is 10.1. The summed E-state index contributed by atoms with van der Waals surface area (Å²) in [6.07, 6.45) is 0. The number of benzene rings is 2. The molecule has 2 aromatic carbocycles. The Hall–Kier alpha value is -2.05. The molecule has 108 valence electrons. The van der Waals surface area contributed by atoms with Gasteiger partial charge >= 0.3 is 0 Å². The highest BCUT2D eigenvalue weighted by atomic mass is 35.5. The first-order valence-electron chi connectivity index (χ1n) is 5.74. The molecule has 0 heterocycles. The Morgan fingerprint density at radius 2 is 1.90 bits per heavy atom. The number of carbonyl (C=O) groups is 1. The van der Waals surface area contributed by atoms with Crippen molar-refractivity contribution in [3.63, 3.8) is 0 Å². The number of rotatable bonds is 3. The van der Waals surface area contributed by atoms with Crippen LogP contribution in [-0.2, 0) is 0 Å². The average Bonchev–Trinajstić information content (AvgIpc) is 2.40. The van der Waals surface area contributed by atoms with E-state index >= 15 is 0 Å². The summed E-state index contributed by atoms with van der Waals surface area (Å²) in [7, 11) is 0. The molecule has 7 heteroatoms. The molecule has 3 N–H and O–H groups in total. The van der Waals surface area contributed by atoms with Gasteiger partial charge in [-0.05, 0) is 24.3 Å². The molecular formula is C14H9ClF2N2OS. The van der Waals surface area contributed by atoms with Crippen LogP contribution in [-0.4, -0.2) is 10.9 Å². The van der Waals surface area contributed by atoms with E-state index in [1.165, 1.54) is 12.1 Å². The number of hydrogen-bond donors (Lipinski definition) is 2.